The van der Waals surface area contributed by atoms with Crippen LogP contribution in [-0.2, 0) is 11.3 Å². The van der Waals surface area contributed by atoms with Gasteiger partial charge in [-0.25, -0.2) is 0 Å². The van der Waals surface area contributed by atoms with Gasteiger partial charge in [-0.2, -0.15) is 0 Å². The lowest BCUT2D eigenvalue weighted by molar-refractivity contribution is -0.126. The van der Waals surface area contributed by atoms with Crippen molar-refractivity contribution in [2.75, 3.05) is 20.2 Å². The molecule has 0 heterocycles. The molecule has 2 rings (SSSR count). The molecular formula is C19H22N2O2. The standard InChI is InChI=1S/C19H22N2O2/c1-23-18-9-5-8-16(14-18)10-11-19(22)21(13-12-20)15-17-6-3-2-4-7-17/h2-11,14H,12-13,15,20H2,1H3. The molecule has 2 aromatic rings. The Morgan fingerprint density at radius 2 is 1.96 bits per heavy atom. The lowest BCUT2D eigenvalue weighted by atomic mass is 10.2. The van der Waals surface area contributed by atoms with Crippen LogP contribution in [0.3, 0.4) is 0 Å². The molecular weight excluding hydrogens is 288 g/mol. The van der Waals surface area contributed by atoms with Crippen molar-refractivity contribution in [3.63, 3.8) is 0 Å². The summed E-state index contributed by atoms with van der Waals surface area (Å²) < 4.78 is 5.18. The van der Waals surface area contributed by atoms with Crippen molar-refractivity contribution in [1.29, 1.82) is 0 Å². The number of methoxy groups -OCH3 is 1. The molecule has 0 aromatic heterocycles. The lowest BCUT2D eigenvalue weighted by Crippen LogP contribution is -2.33. The van der Waals surface area contributed by atoms with Crippen LogP contribution in [0.15, 0.2) is 60.7 Å². The molecule has 0 aliphatic heterocycles. The molecule has 0 aliphatic rings. The van der Waals surface area contributed by atoms with Crippen LogP contribution >= 0.6 is 0 Å². The molecule has 0 radical (unpaired) electrons. The van der Waals surface area contributed by atoms with E-state index in [1.54, 1.807) is 24.2 Å². The van der Waals surface area contributed by atoms with Crippen molar-refractivity contribution < 1.29 is 9.53 Å². The number of ether oxygens (including phenoxy) is 1. The third-order valence-corrected chi connectivity index (χ3v) is 3.44. The molecule has 0 bridgehead atoms. The maximum absolute atomic E-state index is 12.4. The molecule has 23 heavy (non-hydrogen) atoms. The van der Waals surface area contributed by atoms with Crippen LogP contribution in [0.25, 0.3) is 6.08 Å². The highest BCUT2D eigenvalue weighted by Crippen LogP contribution is 2.14. The maximum Gasteiger partial charge on any atom is 0.246 e. The molecule has 0 saturated carbocycles. The van der Waals surface area contributed by atoms with Crippen LogP contribution < -0.4 is 10.5 Å². The molecule has 0 unspecified atom stereocenters. The van der Waals surface area contributed by atoms with E-state index in [9.17, 15) is 4.79 Å². The summed E-state index contributed by atoms with van der Waals surface area (Å²) >= 11 is 0. The van der Waals surface area contributed by atoms with Gasteiger partial charge < -0.3 is 15.4 Å². The first-order valence-electron chi connectivity index (χ1n) is 7.58. The van der Waals surface area contributed by atoms with Crippen LogP contribution in [0.5, 0.6) is 5.75 Å². The number of benzene rings is 2. The summed E-state index contributed by atoms with van der Waals surface area (Å²) in [4.78, 5) is 14.2. The minimum absolute atomic E-state index is 0.0536. The van der Waals surface area contributed by atoms with Crippen LogP contribution in [0.2, 0.25) is 0 Å². The average Bonchev–Trinajstić information content (AvgIpc) is 2.60. The molecule has 0 saturated heterocycles. The molecule has 2 aromatic carbocycles. The van der Waals surface area contributed by atoms with Crippen molar-refractivity contribution in [3.05, 3.63) is 71.8 Å². The summed E-state index contributed by atoms with van der Waals surface area (Å²) in [5, 5.41) is 0. The van der Waals surface area contributed by atoms with E-state index in [2.05, 4.69) is 0 Å². The highest BCUT2D eigenvalue weighted by molar-refractivity contribution is 5.91. The normalized spacial score (nSPS) is 10.7. The first-order valence-corrected chi connectivity index (χ1v) is 7.58. The van der Waals surface area contributed by atoms with E-state index in [1.807, 2.05) is 54.6 Å². The zero-order valence-electron chi connectivity index (χ0n) is 13.3. The number of amides is 1. The summed E-state index contributed by atoms with van der Waals surface area (Å²) in [7, 11) is 1.62. The second kappa shape index (κ2) is 8.76. The van der Waals surface area contributed by atoms with Gasteiger partial charge >= 0.3 is 0 Å². The van der Waals surface area contributed by atoms with E-state index in [0.717, 1.165) is 16.9 Å². The third kappa shape index (κ3) is 5.27. The predicted octanol–water partition coefficient (Wildman–Crippen LogP) is 2.70. The fourth-order valence-corrected chi connectivity index (χ4v) is 2.24. The largest absolute Gasteiger partial charge is 0.497 e. The fraction of sp³-hybridized carbons (Fsp3) is 0.211. The lowest BCUT2D eigenvalue weighted by Gasteiger charge is -2.20. The van der Waals surface area contributed by atoms with Crippen LogP contribution in [0, 0.1) is 0 Å². The van der Waals surface area contributed by atoms with Gasteiger partial charge in [-0.3, -0.25) is 4.79 Å². The second-order valence-electron chi connectivity index (χ2n) is 5.14. The van der Waals surface area contributed by atoms with E-state index < -0.39 is 0 Å². The van der Waals surface area contributed by atoms with E-state index in [1.165, 1.54) is 0 Å². The Kier molecular flexibility index (Phi) is 6.39. The highest BCUT2D eigenvalue weighted by atomic mass is 16.5. The van der Waals surface area contributed by atoms with Crippen molar-refractivity contribution in [1.82, 2.24) is 4.90 Å². The molecule has 0 aliphatic carbocycles. The summed E-state index contributed by atoms with van der Waals surface area (Å²) in [5.74, 6) is 0.713. The van der Waals surface area contributed by atoms with Crippen molar-refractivity contribution >= 4 is 12.0 Å². The Bertz CT molecular complexity index is 653. The molecule has 0 atom stereocenters. The average molecular weight is 310 g/mol. The quantitative estimate of drug-likeness (QED) is 0.800. The van der Waals surface area contributed by atoms with Gasteiger partial charge in [0.15, 0.2) is 0 Å². The third-order valence-electron chi connectivity index (χ3n) is 3.44. The van der Waals surface area contributed by atoms with Gasteiger partial charge in [0.1, 0.15) is 5.75 Å². The summed E-state index contributed by atoms with van der Waals surface area (Å²) in [6.07, 6.45) is 3.37. The number of nitrogens with two attached hydrogens (primary N) is 1. The van der Waals surface area contributed by atoms with Crippen molar-refractivity contribution in [2.45, 2.75) is 6.54 Å². The number of carbonyl (C=O) groups excluding carboxylic acids is 1. The number of hydrogen-bond donors (Lipinski definition) is 1. The first-order chi connectivity index (χ1) is 11.2. The molecule has 1 amide bonds. The SMILES string of the molecule is COc1cccc(C=CC(=O)N(CCN)Cc2ccccc2)c1. The van der Waals surface area contributed by atoms with Crippen molar-refractivity contribution in [2.24, 2.45) is 5.73 Å². The molecule has 2 N–H and O–H groups in total. The Hall–Kier alpha value is -2.59. The van der Waals surface area contributed by atoms with E-state index >= 15 is 0 Å². The Morgan fingerprint density at radius 3 is 2.65 bits per heavy atom. The van der Waals surface area contributed by atoms with Gasteiger partial charge in [0.25, 0.3) is 0 Å². The summed E-state index contributed by atoms with van der Waals surface area (Å²) in [6, 6.07) is 17.5. The fourth-order valence-electron chi connectivity index (χ4n) is 2.24. The Labute approximate surface area is 137 Å². The van der Waals surface area contributed by atoms with Gasteiger partial charge in [0.05, 0.1) is 7.11 Å². The monoisotopic (exact) mass is 310 g/mol. The zero-order valence-corrected chi connectivity index (χ0v) is 13.3. The number of rotatable bonds is 7. The maximum atomic E-state index is 12.4. The summed E-state index contributed by atoms with van der Waals surface area (Å²) in [5.41, 5.74) is 7.64. The molecule has 4 heteroatoms. The van der Waals surface area contributed by atoms with E-state index in [4.69, 9.17) is 10.5 Å². The van der Waals surface area contributed by atoms with Crippen LogP contribution in [-0.4, -0.2) is 31.0 Å². The summed E-state index contributed by atoms with van der Waals surface area (Å²) in [6.45, 7) is 1.51. The minimum atomic E-state index is -0.0536. The minimum Gasteiger partial charge on any atom is -0.497 e. The molecule has 0 spiro atoms. The van der Waals surface area contributed by atoms with Gasteiger partial charge in [-0.05, 0) is 29.3 Å². The predicted molar refractivity (Wildman–Crippen MR) is 92.9 cm³/mol. The van der Waals surface area contributed by atoms with Gasteiger partial charge in [-0.15, -0.1) is 0 Å². The smallest absolute Gasteiger partial charge is 0.246 e. The molecule has 4 nitrogen and oxygen atoms in total. The molecule has 0 fully saturated rings. The zero-order chi connectivity index (χ0) is 16.5. The van der Waals surface area contributed by atoms with Crippen LogP contribution in [0.4, 0.5) is 0 Å². The molecule has 120 valence electrons. The highest BCUT2D eigenvalue weighted by Gasteiger charge is 2.10. The van der Waals surface area contributed by atoms with Gasteiger partial charge in [0.2, 0.25) is 5.91 Å². The number of hydrogen-bond acceptors (Lipinski definition) is 3. The van der Waals surface area contributed by atoms with Gasteiger partial charge in [-0.1, -0.05) is 42.5 Å². The Morgan fingerprint density at radius 1 is 1.17 bits per heavy atom. The van der Waals surface area contributed by atoms with E-state index in [-0.39, 0.29) is 5.91 Å². The number of nitrogens with zero attached hydrogens (tertiary/aromatic N) is 1. The first kappa shape index (κ1) is 16.8. The second-order valence-corrected chi connectivity index (χ2v) is 5.14. The van der Waals surface area contributed by atoms with Crippen molar-refractivity contribution in [3.8, 4) is 5.75 Å². The van der Waals surface area contributed by atoms with E-state index in [0.29, 0.717) is 19.6 Å². The van der Waals surface area contributed by atoms with Crippen LogP contribution in [0.1, 0.15) is 11.1 Å². The topological polar surface area (TPSA) is 55.6 Å². The Balaban J connectivity index is 2.06. The van der Waals surface area contributed by atoms with Gasteiger partial charge in [0, 0.05) is 25.7 Å². The number of carbonyl (C=O) groups is 1.